The third-order valence-electron chi connectivity index (χ3n) is 2.04. The van der Waals surface area contributed by atoms with Crippen LogP contribution >= 0.6 is 11.6 Å². The molecule has 0 aliphatic carbocycles. The summed E-state index contributed by atoms with van der Waals surface area (Å²) in [6.45, 7) is 1.77. The van der Waals surface area contributed by atoms with Gasteiger partial charge in [-0.3, -0.25) is 4.79 Å². The third kappa shape index (κ3) is 1.94. The molecule has 6 heteroatoms. The lowest BCUT2D eigenvalue weighted by Gasteiger charge is -2.02. The Balaban J connectivity index is 2.45. The number of hydrogen-bond donors (Lipinski definition) is 0. The molecule has 1 aromatic carbocycles. The lowest BCUT2D eigenvalue weighted by Crippen LogP contribution is -2.00. The number of carbonyl (C=O) groups is 1. The lowest BCUT2D eigenvalue weighted by molar-refractivity contribution is 0.107. The number of hydrogen-bond acceptors (Lipinski definition) is 3. The molecule has 0 bridgehead atoms. The summed E-state index contributed by atoms with van der Waals surface area (Å²) in [6.07, 6.45) is 1.65. The van der Waals surface area contributed by atoms with E-state index in [-0.39, 0.29) is 5.56 Å². The molecule has 0 saturated carbocycles. The van der Waals surface area contributed by atoms with Gasteiger partial charge in [-0.25, -0.2) is 9.07 Å². The highest BCUT2D eigenvalue weighted by Gasteiger charge is 2.10. The number of aromatic nitrogens is 3. The van der Waals surface area contributed by atoms with E-state index in [1.165, 1.54) is 16.8 Å². The Hall–Kier alpha value is -1.75. The number of halogens is 2. The predicted molar refractivity (Wildman–Crippen MR) is 56.2 cm³/mol. The maximum absolute atomic E-state index is 13.4. The highest BCUT2D eigenvalue weighted by Crippen LogP contribution is 2.15. The Morgan fingerprint density at radius 2 is 2.25 bits per heavy atom. The highest BCUT2D eigenvalue weighted by molar-refractivity contribution is 6.67. The van der Waals surface area contributed by atoms with Crippen molar-refractivity contribution in [1.29, 1.82) is 0 Å². The van der Waals surface area contributed by atoms with Crippen LogP contribution in [0.4, 0.5) is 4.39 Å². The van der Waals surface area contributed by atoms with Crippen LogP contribution in [0.5, 0.6) is 0 Å². The summed E-state index contributed by atoms with van der Waals surface area (Å²) >= 11 is 5.20. The first kappa shape index (κ1) is 10.8. The summed E-state index contributed by atoms with van der Waals surface area (Å²) in [5.41, 5.74) is 1.06. The summed E-state index contributed by atoms with van der Waals surface area (Å²) in [5.74, 6) is -0.675. The normalized spacial score (nSPS) is 10.4. The molecule has 0 amide bonds. The van der Waals surface area contributed by atoms with Crippen LogP contribution in [-0.4, -0.2) is 20.2 Å². The van der Waals surface area contributed by atoms with Gasteiger partial charge < -0.3 is 0 Å². The maximum Gasteiger partial charge on any atom is 0.255 e. The molecule has 0 aliphatic rings. The molecular weight excluding hydrogens is 233 g/mol. The largest absolute Gasteiger partial charge is 0.275 e. The van der Waals surface area contributed by atoms with Crippen molar-refractivity contribution in [2.24, 2.45) is 0 Å². The van der Waals surface area contributed by atoms with Gasteiger partial charge in [-0.1, -0.05) is 5.21 Å². The van der Waals surface area contributed by atoms with E-state index in [9.17, 15) is 9.18 Å². The zero-order valence-corrected chi connectivity index (χ0v) is 9.07. The number of nitrogens with zero attached hydrogens (tertiary/aromatic N) is 3. The molecular formula is C10H7ClFN3O. The van der Waals surface area contributed by atoms with Crippen LogP contribution in [0.15, 0.2) is 24.4 Å². The van der Waals surface area contributed by atoms with E-state index in [1.807, 2.05) is 0 Å². The van der Waals surface area contributed by atoms with E-state index in [1.54, 1.807) is 19.2 Å². The van der Waals surface area contributed by atoms with Crippen LogP contribution in [-0.2, 0) is 0 Å². The van der Waals surface area contributed by atoms with E-state index in [4.69, 9.17) is 11.6 Å². The maximum atomic E-state index is 13.4. The minimum Gasteiger partial charge on any atom is -0.275 e. The van der Waals surface area contributed by atoms with Gasteiger partial charge in [-0.05, 0) is 30.7 Å². The highest BCUT2D eigenvalue weighted by atomic mass is 35.5. The zero-order valence-electron chi connectivity index (χ0n) is 8.32. The molecule has 0 fully saturated rings. The molecule has 82 valence electrons. The predicted octanol–water partition coefficient (Wildman–Crippen LogP) is 2.09. The number of benzene rings is 1. The summed E-state index contributed by atoms with van der Waals surface area (Å²) in [5, 5.41) is 6.74. The van der Waals surface area contributed by atoms with Gasteiger partial charge in [-0.2, -0.15) is 0 Å². The van der Waals surface area contributed by atoms with Crippen LogP contribution in [0, 0.1) is 12.7 Å². The van der Waals surface area contributed by atoms with Crippen molar-refractivity contribution in [2.75, 3.05) is 0 Å². The summed E-state index contributed by atoms with van der Waals surface area (Å²) in [6, 6.07) is 4.05. The van der Waals surface area contributed by atoms with Crippen molar-refractivity contribution in [2.45, 2.75) is 6.92 Å². The van der Waals surface area contributed by atoms with Gasteiger partial charge in [0.05, 0.1) is 23.1 Å². The van der Waals surface area contributed by atoms with Crippen LogP contribution < -0.4 is 0 Å². The standard InChI is InChI=1S/C10H7ClFN3O/c1-6-5-15(14-13-6)7-2-3-8(10(11)16)9(12)4-7/h2-5H,1H3. The number of rotatable bonds is 2. The van der Waals surface area contributed by atoms with Crippen molar-refractivity contribution in [3.63, 3.8) is 0 Å². The van der Waals surface area contributed by atoms with Gasteiger partial charge in [0.25, 0.3) is 5.24 Å². The van der Waals surface area contributed by atoms with Crippen LogP contribution in [0.25, 0.3) is 5.69 Å². The molecule has 0 saturated heterocycles. The smallest absolute Gasteiger partial charge is 0.255 e. The van der Waals surface area contributed by atoms with Gasteiger partial charge >= 0.3 is 0 Å². The SMILES string of the molecule is Cc1cn(-c2ccc(C(=O)Cl)c(F)c2)nn1. The molecule has 2 aromatic rings. The van der Waals surface area contributed by atoms with Crippen LogP contribution in [0.2, 0.25) is 0 Å². The van der Waals surface area contributed by atoms with Crippen LogP contribution in [0.3, 0.4) is 0 Å². The quantitative estimate of drug-likeness (QED) is 0.754. The molecule has 4 nitrogen and oxygen atoms in total. The Kier molecular flexibility index (Phi) is 2.70. The van der Waals surface area contributed by atoms with E-state index in [0.29, 0.717) is 5.69 Å². The minimum atomic E-state index is -0.821. The number of aryl methyl sites for hydroxylation is 1. The van der Waals surface area contributed by atoms with Crippen molar-refractivity contribution < 1.29 is 9.18 Å². The van der Waals surface area contributed by atoms with E-state index >= 15 is 0 Å². The molecule has 0 unspecified atom stereocenters. The molecule has 0 aliphatic heterocycles. The second-order valence-electron chi connectivity index (χ2n) is 3.24. The second kappa shape index (κ2) is 4.02. The van der Waals surface area contributed by atoms with E-state index in [0.717, 1.165) is 5.69 Å². The molecule has 0 N–H and O–H groups in total. The first-order chi connectivity index (χ1) is 7.58. The molecule has 16 heavy (non-hydrogen) atoms. The number of carbonyl (C=O) groups excluding carboxylic acids is 1. The fraction of sp³-hybridized carbons (Fsp3) is 0.100. The van der Waals surface area contributed by atoms with Gasteiger partial charge in [0.2, 0.25) is 0 Å². The lowest BCUT2D eigenvalue weighted by atomic mass is 10.2. The Bertz CT molecular complexity index is 553. The summed E-state index contributed by atoms with van der Waals surface area (Å²) < 4.78 is 14.8. The first-order valence-electron chi connectivity index (χ1n) is 4.46. The van der Waals surface area contributed by atoms with Crippen molar-refractivity contribution in [1.82, 2.24) is 15.0 Å². The van der Waals surface area contributed by atoms with E-state index in [2.05, 4.69) is 10.3 Å². The molecule has 2 rings (SSSR count). The van der Waals surface area contributed by atoms with Crippen LogP contribution in [0.1, 0.15) is 16.1 Å². The first-order valence-corrected chi connectivity index (χ1v) is 4.84. The fourth-order valence-electron chi connectivity index (χ4n) is 1.28. The molecule has 0 spiro atoms. The average Bonchev–Trinajstić information content (AvgIpc) is 2.64. The monoisotopic (exact) mass is 239 g/mol. The van der Waals surface area contributed by atoms with Crippen molar-refractivity contribution >= 4 is 16.8 Å². The van der Waals surface area contributed by atoms with Gasteiger partial charge in [0.15, 0.2) is 0 Å². The van der Waals surface area contributed by atoms with Crippen molar-refractivity contribution in [3.8, 4) is 5.69 Å². The van der Waals surface area contributed by atoms with Gasteiger partial charge in [0.1, 0.15) is 5.82 Å². The Morgan fingerprint density at radius 3 is 2.75 bits per heavy atom. The molecule has 0 atom stereocenters. The molecule has 1 heterocycles. The molecule has 0 radical (unpaired) electrons. The zero-order chi connectivity index (χ0) is 11.7. The summed E-state index contributed by atoms with van der Waals surface area (Å²) in [7, 11) is 0. The second-order valence-corrected chi connectivity index (χ2v) is 3.59. The van der Waals surface area contributed by atoms with Gasteiger partial charge in [0, 0.05) is 6.07 Å². The van der Waals surface area contributed by atoms with Gasteiger partial charge in [-0.15, -0.1) is 5.10 Å². The minimum absolute atomic E-state index is 0.151. The third-order valence-corrected chi connectivity index (χ3v) is 2.24. The Labute approximate surface area is 95.6 Å². The Morgan fingerprint density at radius 1 is 1.50 bits per heavy atom. The average molecular weight is 240 g/mol. The summed E-state index contributed by atoms with van der Waals surface area (Å²) in [4.78, 5) is 10.8. The molecule has 1 aromatic heterocycles. The van der Waals surface area contributed by atoms with E-state index < -0.39 is 11.1 Å². The fourth-order valence-corrected chi connectivity index (χ4v) is 1.43. The topological polar surface area (TPSA) is 47.8 Å². The van der Waals surface area contributed by atoms with Crippen molar-refractivity contribution in [3.05, 3.63) is 41.5 Å².